The fraction of sp³-hybridized carbons (Fsp3) is 0.348. The quantitative estimate of drug-likeness (QED) is 0.552. The Labute approximate surface area is 190 Å². The van der Waals surface area contributed by atoms with E-state index in [0.29, 0.717) is 12.3 Å². The van der Waals surface area contributed by atoms with Gasteiger partial charge in [-0.1, -0.05) is 36.0 Å². The molecule has 32 heavy (non-hydrogen) atoms. The molecule has 0 radical (unpaired) electrons. The fourth-order valence-corrected chi connectivity index (χ4v) is 4.67. The van der Waals surface area contributed by atoms with Gasteiger partial charge in [0.15, 0.2) is 16.7 Å². The van der Waals surface area contributed by atoms with Crippen LogP contribution < -0.4 is 19.7 Å². The Bertz CT molecular complexity index is 1080. The molecule has 1 amide bonds. The third-order valence-corrected chi connectivity index (χ3v) is 6.46. The van der Waals surface area contributed by atoms with Crippen molar-refractivity contribution in [2.24, 2.45) is 0 Å². The van der Waals surface area contributed by atoms with Crippen LogP contribution in [0.3, 0.4) is 0 Å². The number of ether oxygens (including phenoxy) is 2. The summed E-state index contributed by atoms with van der Waals surface area (Å²) in [6.45, 7) is 2.63. The molecule has 166 valence electrons. The van der Waals surface area contributed by atoms with E-state index in [9.17, 15) is 4.79 Å². The van der Waals surface area contributed by atoms with Crippen LogP contribution >= 0.6 is 11.8 Å². The first-order valence-corrected chi connectivity index (χ1v) is 11.8. The van der Waals surface area contributed by atoms with E-state index in [0.717, 1.165) is 54.0 Å². The van der Waals surface area contributed by atoms with Crippen LogP contribution in [0.2, 0.25) is 0 Å². The van der Waals surface area contributed by atoms with Crippen LogP contribution in [0.1, 0.15) is 24.8 Å². The lowest BCUT2D eigenvalue weighted by molar-refractivity contribution is -0.118. The van der Waals surface area contributed by atoms with Crippen LogP contribution in [0.15, 0.2) is 53.7 Å². The van der Waals surface area contributed by atoms with Crippen LogP contribution in [0.4, 0.5) is 5.95 Å². The van der Waals surface area contributed by atoms with Crippen molar-refractivity contribution in [3.8, 4) is 17.2 Å². The highest BCUT2D eigenvalue weighted by atomic mass is 32.2. The van der Waals surface area contributed by atoms with Crippen molar-refractivity contribution in [3.63, 3.8) is 0 Å². The molecular formula is C23H25N5O3S. The Morgan fingerprint density at radius 2 is 1.81 bits per heavy atom. The summed E-state index contributed by atoms with van der Waals surface area (Å²) in [5, 5.41) is 12.6. The number of para-hydroxylation sites is 1. The molecule has 3 heterocycles. The number of anilines is 1. The number of carbonyl (C=O) groups excluding carboxylic acids is 1. The van der Waals surface area contributed by atoms with Gasteiger partial charge in [0.05, 0.1) is 11.4 Å². The lowest BCUT2D eigenvalue weighted by Crippen LogP contribution is -2.31. The molecule has 5 rings (SSSR count). The highest BCUT2D eigenvalue weighted by Gasteiger charge is 2.22. The Balaban J connectivity index is 1.25. The number of amides is 1. The lowest BCUT2D eigenvalue weighted by atomic mass is 10.1. The zero-order chi connectivity index (χ0) is 21.8. The van der Waals surface area contributed by atoms with Crippen molar-refractivity contribution in [3.05, 3.63) is 54.1 Å². The normalized spacial score (nSPS) is 15.1. The molecule has 3 aromatic rings. The highest BCUT2D eigenvalue weighted by Crippen LogP contribution is 2.32. The summed E-state index contributed by atoms with van der Waals surface area (Å²) in [5.74, 6) is 2.50. The first-order chi connectivity index (χ1) is 15.8. The SMILES string of the molecule is O=C(CSc1nnc(N2CCCCC2)n1-c1ccccc1)NCc1ccc2c(c1)OCO2. The Morgan fingerprint density at radius 3 is 2.66 bits per heavy atom. The number of nitrogens with zero attached hydrogens (tertiary/aromatic N) is 4. The van der Waals surface area contributed by atoms with Gasteiger partial charge in [0.25, 0.3) is 0 Å². The molecule has 0 bridgehead atoms. The summed E-state index contributed by atoms with van der Waals surface area (Å²) in [4.78, 5) is 14.8. The Hall–Kier alpha value is -3.20. The first kappa shape index (κ1) is 20.7. The number of rotatable bonds is 7. The van der Waals surface area contributed by atoms with Crippen molar-refractivity contribution in [1.29, 1.82) is 0 Å². The smallest absolute Gasteiger partial charge is 0.232 e. The third kappa shape index (κ3) is 4.52. The van der Waals surface area contributed by atoms with Gasteiger partial charge in [-0.3, -0.25) is 9.36 Å². The zero-order valence-electron chi connectivity index (χ0n) is 17.7. The van der Waals surface area contributed by atoms with Crippen LogP contribution in [-0.4, -0.2) is 46.3 Å². The van der Waals surface area contributed by atoms with E-state index in [2.05, 4.69) is 25.0 Å². The van der Waals surface area contributed by atoms with Gasteiger partial charge in [-0.2, -0.15) is 0 Å². The summed E-state index contributed by atoms with van der Waals surface area (Å²) in [5.41, 5.74) is 1.97. The molecule has 9 heteroatoms. The highest BCUT2D eigenvalue weighted by molar-refractivity contribution is 7.99. The van der Waals surface area contributed by atoms with Crippen LogP contribution in [0.25, 0.3) is 5.69 Å². The molecule has 1 fully saturated rings. The second-order valence-corrected chi connectivity index (χ2v) is 8.70. The van der Waals surface area contributed by atoms with Gasteiger partial charge >= 0.3 is 0 Å². The number of benzene rings is 2. The molecule has 0 atom stereocenters. The van der Waals surface area contributed by atoms with Gasteiger partial charge in [0, 0.05) is 19.6 Å². The van der Waals surface area contributed by atoms with Gasteiger partial charge in [-0.25, -0.2) is 0 Å². The molecule has 0 unspecified atom stereocenters. The Kier molecular flexibility index (Phi) is 6.15. The minimum atomic E-state index is -0.0604. The second kappa shape index (κ2) is 9.52. The number of thioether (sulfide) groups is 1. The fourth-order valence-electron chi connectivity index (χ4n) is 3.89. The van der Waals surface area contributed by atoms with E-state index < -0.39 is 0 Å². The van der Waals surface area contributed by atoms with Crippen molar-refractivity contribution in [1.82, 2.24) is 20.1 Å². The predicted molar refractivity (Wildman–Crippen MR) is 123 cm³/mol. The third-order valence-electron chi connectivity index (χ3n) is 5.53. The molecule has 1 saturated heterocycles. The number of hydrogen-bond donors (Lipinski definition) is 1. The number of nitrogens with one attached hydrogen (secondary N) is 1. The number of piperidine rings is 1. The molecule has 1 N–H and O–H groups in total. The number of aromatic nitrogens is 3. The van der Waals surface area contributed by atoms with Gasteiger partial charge in [0.1, 0.15) is 0 Å². The number of carbonyl (C=O) groups is 1. The minimum absolute atomic E-state index is 0.0604. The summed E-state index contributed by atoms with van der Waals surface area (Å²) in [6, 6.07) is 15.8. The van der Waals surface area contributed by atoms with Crippen molar-refractivity contribution >= 4 is 23.6 Å². The second-order valence-electron chi connectivity index (χ2n) is 7.75. The van der Waals surface area contributed by atoms with E-state index in [1.165, 1.54) is 18.2 Å². The van der Waals surface area contributed by atoms with Gasteiger partial charge < -0.3 is 19.7 Å². The number of fused-ring (bicyclic) bond motifs is 1. The average Bonchev–Trinajstić information content (AvgIpc) is 3.49. The topological polar surface area (TPSA) is 81.5 Å². The van der Waals surface area contributed by atoms with Gasteiger partial charge in [-0.15, -0.1) is 10.2 Å². The molecule has 2 aliphatic heterocycles. The first-order valence-electron chi connectivity index (χ1n) is 10.8. The van der Waals surface area contributed by atoms with Crippen molar-refractivity contribution in [2.75, 3.05) is 30.5 Å². The maximum absolute atomic E-state index is 12.5. The molecule has 8 nitrogen and oxygen atoms in total. The van der Waals surface area contributed by atoms with Crippen molar-refractivity contribution in [2.45, 2.75) is 31.0 Å². The van der Waals surface area contributed by atoms with E-state index in [-0.39, 0.29) is 18.5 Å². The van der Waals surface area contributed by atoms with Gasteiger partial charge in [-0.05, 0) is 49.1 Å². The van der Waals surface area contributed by atoms with Crippen LogP contribution in [0, 0.1) is 0 Å². The molecule has 0 spiro atoms. The monoisotopic (exact) mass is 451 g/mol. The van der Waals surface area contributed by atoms with E-state index in [4.69, 9.17) is 9.47 Å². The average molecular weight is 452 g/mol. The molecule has 2 aliphatic rings. The van der Waals surface area contributed by atoms with E-state index >= 15 is 0 Å². The molecule has 2 aromatic carbocycles. The summed E-state index contributed by atoms with van der Waals surface area (Å²) in [6.07, 6.45) is 3.57. The standard InChI is InChI=1S/C23H25N5O3S/c29-21(24-14-17-9-10-19-20(13-17)31-16-30-19)15-32-23-26-25-22(27-11-5-2-6-12-27)28(23)18-7-3-1-4-8-18/h1,3-4,7-10,13H,2,5-6,11-12,14-16H2,(H,24,29). The van der Waals surface area contributed by atoms with Crippen LogP contribution in [-0.2, 0) is 11.3 Å². The largest absolute Gasteiger partial charge is 0.454 e. The summed E-state index contributed by atoms with van der Waals surface area (Å²) < 4.78 is 12.8. The van der Waals surface area contributed by atoms with Crippen molar-refractivity contribution < 1.29 is 14.3 Å². The maximum atomic E-state index is 12.5. The van der Waals surface area contributed by atoms with Gasteiger partial charge in [0.2, 0.25) is 18.6 Å². The van der Waals surface area contributed by atoms with Crippen LogP contribution in [0.5, 0.6) is 11.5 Å². The maximum Gasteiger partial charge on any atom is 0.232 e. The summed E-state index contributed by atoms with van der Waals surface area (Å²) >= 11 is 1.40. The molecule has 0 saturated carbocycles. The van der Waals surface area contributed by atoms with E-state index in [1.54, 1.807) is 0 Å². The molecule has 1 aromatic heterocycles. The lowest BCUT2D eigenvalue weighted by Gasteiger charge is -2.27. The van der Waals surface area contributed by atoms with E-state index in [1.807, 2.05) is 48.5 Å². The molecule has 0 aliphatic carbocycles. The summed E-state index contributed by atoms with van der Waals surface area (Å²) in [7, 11) is 0. The zero-order valence-corrected chi connectivity index (χ0v) is 18.5. The minimum Gasteiger partial charge on any atom is -0.454 e. The predicted octanol–water partition coefficient (Wildman–Crippen LogP) is 3.39. The molecular weight excluding hydrogens is 426 g/mol. The number of hydrogen-bond acceptors (Lipinski definition) is 7. The Morgan fingerprint density at radius 1 is 1.00 bits per heavy atom.